The molecule has 0 amide bonds. The van der Waals surface area contributed by atoms with E-state index in [-0.39, 0.29) is 0 Å². The Hall–Kier alpha value is -1.39. The van der Waals surface area contributed by atoms with E-state index in [0.29, 0.717) is 5.56 Å². The lowest BCUT2D eigenvalue weighted by Gasteiger charge is -2.09. The Morgan fingerprint density at radius 2 is 1.64 bits per heavy atom. The Kier molecular flexibility index (Phi) is 8.98. The summed E-state index contributed by atoms with van der Waals surface area (Å²) < 4.78 is 0. The van der Waals surface area contributed by atoms with E-state index < -0.39 is 5.97 Å². The van der Waals surface area contributed by atoms with E-state index in [2.05, 4.69) is 6.92 Å². The maximum atomic E-state index is 11.5. The van der Waals surface area contributed by atoms with Gasteiger partial charge in [0, 0.05) is 10.6 Å². The summed E-state index contributed by atoms with van der Waals surface area (Å²) in [5.74, 6) is 0.202. The third-order valence-corrected chi connectivity index (χ3v) is 6.53. The summed E-state index contributed by atoms with van der Waals surface area (Å²) in [6.07, 6.45) is 7.71. The molecule has 2 aromatic rings. The lowest BCUT2D eigenvalue weighted by Crippen LogP contribution is -1.98. The van der Waals surface area contributed by atoms with Crippen LogP contribution in [0.2, 0.25) is 0 Å². The van der Waals surface area contributed by atoms with Gasteiger partial charge >= 0.3 is 5.97 Å². The molecule has 0 radical (unpaired) electrons. The van der Waals surface area contributed by atoms with Crippen LogP contribution >= 0.6 is 21.6 Å². The van der Waals surface area contributed by atoms with Gasteiger partial charge in [0.25, 0.3) is 0 Å². The van der Waals surface area contributed by atoms with Crippen molar-refractivity contribution in [1.82, 2.24) is 0 Å². The van der Waals surface area contributed by atoms with Gasteiger partial charge in [-0.3, -0.25) is 0 Å². The van der Waals surface area contributed by atoms with Gasteiger partial charge in [0.05, 0.1) is 5.56 Å². The van der Waals surface area contributed by atoms with Gasteiger partial charge in [0.2, 0.25) is 0 Å². The number of carbonyl (C=O) groups is 1. The largest absolute Gasteiger partial charge is 0.478 e. The van der Waals surface area contributed by atoms with Crippen molar-refractivity contribution in [2.75, 3.05) is 5.75 Å². The Balaban J connectivity index is 1.92. The highest BCUT2D eigenvalue weighted by molar-refractivity contribution is 8.76. The number of benzene rings is 2. The number of aromatic carboxylic acids is 1. The van der Waals surface area contributed by atoms with Crippen molar-refractivity contribution >= 4 is 27.6 Å². The predicted molar refractivity (Wildman–Crippen MR) is 111 cm³/mol. The monoisotopic (exact) mass is 374 g/mol. The molecule has 0 aromatic heterocycles. The Labute approximate surface area is 158 Å². The highest BCUT2D eigenvalue weighted by Crippen LogP contribution is 2.37. The van der Waals surface area contributed by atoms with Crippen LogP contribution in [0.1, 0.15) is 55.8 Å². The molecule has 0 saturated heterocycles. The normalized spacial score (nSPS) is 10.8. The lowest BCUT2D eigenvalue weighted by atomic mass is 10.0. The highest BCUT2D eigenvalue weighted by atomic mass is 33.1. The minimum Gasteiger partial charge on any atom is -0.478 e. The van der Waals surface area contributed by atoms with Gasteiger partial charge in [-0.25, -0.2) is 4.79 Å². The summed E-state index contributed by atoms with van der Waals surface area (Å²) in [6, 6.07) is 15.7. The van der Waals surface area contributed by atoms with E-state index in [0.717, 1.165) is 21.8 Å². The average Bonchev–Trinajstić information content (AvgIpc) is 2.64. The molecule has 134 valence electrons. The van der Waals surface area contributed by atoms with Crippen LogP contribution in [0.15, 0.2) is 53.4 Å². The molecule has 0 atom stereocenters. The van der Waals surface area contributed by atoms with Crippen LogP contribution in [0.5, 0.6) is 0 Å². The van der Waals surface area contributed by atoms with Crippen LogP contribution < -0.4 is 0 Å². The van der Waals surface area contributed by atoms with Gasteiger partial charge in [0.15, 0.2) is 0 Å². The van der Waals surface area contributed by atoms with Crippen molar-refractivity contribution in [1.29, 1.82) is 0 Å². The molecular formula is C21H26O2S2. The fourth-order valence-corrected chi connectivity index (χ4v) is 4.98. The van der Waals surface area contributed by atoms with Gasteiger partial charge in [-0.15, -0.1) is 0 Å². The number of hydrogen-bond donors (Lipinski definition) is 1. The summed E-state index contributed by atoms with van der Waals surface area (Å²) in [6.45, 7) is 2.23. The number of rotatable bonds is 11. The topological polar surface area (TPSA) is 37.3 Å². The summed E-state index contributed by atoms with van der Waals surface area (Å²) >= 11 is 0. The maximum Gasteiger partial charge on any atom is 0.336 e. The smallest absolute Gasteiger partial charge is 0.336 e. The fraction of sp³-hybridized carbons (Fsp3) is 0.381. The molecule has 25 heavy (non-hydrogen) atoms. The van der Waals surface area contributed by atoms with Crippen LogP contribution in [-0.4, -0.2) is 16.8 Å². The molecule has 0 spiro atoms. The first-order valence-electron chi connectivity index (χ1n) is 8.94. The fourth-order valence-electron chi connectivity index (χ4n) is 2.62. The molecule has 0 heterocycles. The summed E-state index contributed by atoms with van der Waals surface area (Å²) in [5.41, 5.74) is 2.57. The van der Waals surface area contributed by atoms with Gasteiger partial charge in [0.1, 0.15) is 0 Å². The molecule has 1 N–H and O–H groups in total. The van der Waals surface area contributed by atoms with E-state index >= 15 is 0 Å². The molecule has 0 unspecified atom stereocenters. The van der Waals surface area contributed by atoms with E-state index in [1.54, 1.807) is 27.7 Å². The second kappa shape index (κ2) is 11.3. The van der Waals surface area contributed by atoms with Gasteiger partial charge in [-0.05, 0) is 29.7 Å². The predicted octanol–water partition coefficient (Wildman–Crippen LogP) is 7.15. The summed E-state index contributed by atoms with van der Waals surface area (Å²) in [7, 11) is 3.35. The molecule has 4 heteroatoms. The zero-order valence-corrected chi connectivity index (χ0v) is 16.4. The van der Waals surface area contributed by atoms with Crippen LogP contribution in [-0.2, 0) is 0 Å². The molecule has 0 aliphatic heterocycles. The lowest BCUT2D eigenvalue weighted by molar-refractivity contribution is 0.0693. The quantitative estimate of drug-likeness (QED) is 0.334. The molecule has 2 rings (SSSR count). The number of hydrogen-bond acceptors (Lipinski definition) is 3. The van der Waals surface area contributed by atoms with E-state index in [1.165, 1.54) is 38.5 Å². The highest BCUT2D eigenvalue weighted by Gasteiger charge is 2.12. The number of carboxylic acid groups (broad SMARTS) is 1. The molecular weight excluding hydrogens is 348 g/mol. The molecule has 0 bridgehead atoms. The van der Waals surface area contributed by atoms with Gasteiger partial charge in [-0.2, -0.15) is 0 Å². The maximum absolute atomic E-state index is 11.5. The zero-order valence-electron chi connectivity index (χ0n) is 14.7. The number of carboxylic acids is 1. The van der Waals surface area contributed by atoms with E-state index in [4.69, 9.17) is 0 Å². The molecule has 2 aromatic carbocycles. The van der Waals surface area contributed by atoms with Crippen LogP contribution in [0.3, 0.4) is 0 Å². The Morgan fingerprint density at radius 3 is 2.36 bits per heavy atom. The van der Waals surface area contributed by atoms with Crippen molar-refractivity contribution in [2.24, 2.45) is 0 Å². The average molecular weight is 375 g/mol. The van der Waals surface area contributed by atoms with Crippen molar-refractivity contribution in [3.05, 3.63) is 54.1 Å². The first-order valence-corrected chi connectivity index (χ1v) is 11.3. The summed E-state index contributed by atoms with van der Waals surface area (Å²) in [4.78, 5) is 12.3. The van der Waals surface area contributed by atoms with Crippen molar-refractivity contribution in [3.8, 4) is 11.1 Å². The molecule has 0 aliphatic rings. The van der Waals surface area contributed by atoms with Gasteiger partial charge in [-0.1, -0.05) is 97.0 Å². The third kappa shape index (κ3) is 6.79. The van der Waals surface area contributed by atoms with Crippen molar-refractivity contribution in [2.45, 2.75) is 50.3 Å². The van der Waals surface area contributed by atoms with Gasteiger partial charge < -0.3 is 5.11 Å². The second-order valence-corrected chi connectivity index (χ2v) is 8.51. The summed E-state index contributed by atoms with van der Waals surface area (Å²) in [5, 5.41) is 9.43. The Bertz CT molecular complexity index is 656. The van der Waals surface area contributed by atoms with E-state index in [9.17, 15) is 9.90 Å². The zero-order chi connectivity index (χ0) is 17.9. The molecule has 0 aliphatic carbocycles. The Morgan fingerprint density at radius 1 is 0.920 bits per heavy atom. The molecule has 0 saturated carbocycles. The van der Waals surface area contributed by atoms with E-state index in [1.807, 2.05) is 42.5 Å². The van der Waals surface area contributed by atoms with Crippen molar-refractivity contribution in [3.63, 3.8) is 0 Å². The number of unbranched alkanes of at least 4 members (excludes halogenated alkanes) is 5. The van der Waals surface area contributed by atoms with Crippen molar-refractivity contribution < 1.29 is 9.90 Å². The molecule has 0 fully saturated rings. The third-order valence-electron chi connectivity index (χ3n) is 4.05. The van der Waals surface area contributed by atoms with Crippen LogP contribution in [0.25, 0.3) is 11.1 Å². The minimum absolute atomic E-state index is 0.389. The molecule has 2 nitrogen and oxygen atoms in total. The SMILES string of the molecule is CCCCCCCCSSc1cc(-c2ccccc2)ccc1C(=O)O. The first kappa shape index (κ1) is 19.9. The minimum atomic E-state index is -0.859. The second-order valence-electron chi connectivity index (χ2n) is 6.06. The van der Waals surface area contributed by atoms with Crippen LogP contribution in [0, 0.1) is 0 Å². The standard InChI is InChI=1S/C21H26O2S2/c1-2-3-4-5-6-10-15-24-25-20-16-18(13-14-19(20)21(22)23)17-11-8-7-9-12-17/h7-9,11-14,16H,2-6,10,15H2,1H3,(H,22,23). The van der Waals surface area contributed by atoms with Crippen LogP contribution in [0.4, 0.5) is 0 Å². The first-order chi connectivity index (χ1) is 12.2.